The molecule has 1 aromatic heterocycles. The molecule has 1 aliphatic heterocycles. The lowest BCUT2D eigenvalue weighted by Gasteiger charge is -2.32. The Balaban J connectivity index is 1.06. The molecule has 0 bridgehead atoms. The van der Waals surface area contributed by atoms with E-state index in [0.29, 0.717) is 18.7 Å². The van der Waals surface area contributed by atoms with E-state index in [-0.39, 0.29) is 34.1 Å². The Morgan fingerprint density at radius 1 is 0.900 bits per heavy atom. The Hall–Kier alpha value is -4.50. The zero-order chi connectivity index (χ0) is 27.9. The number of fused-ring (bicyclic) bond motifs is 1. The molecule has 0 unspecified atom stereocenters. The van der Waals surface area contributed by atoms with Crippen molar-refractivity contribution in [1.29, 1.82) is 0 Å². The van der Waals surface area contributed by atoms with Crippen LogP contribution in [0.25, 0.3) is 11.0 Å². The minimum Gasteiger partial charge on any atom is -0.451 e. The summed E-state index contributed by atoms with van der Waals surface area (Å²) in [7, 11) is 0. The van der Waals surface area contributed by atoms with Gasteiger partial charge >= 0.3 is 0 Å². The highest BCUT2D eigenvalue weighted by Gasteiger charge is 2.23. The van der Waals surface area contributed by atoms with Crippen molar-refractivity contribution in [2.75, 3.05) is 31.5 Å². The van der Waals surface area contributed by atoms with Gasteiger partial charge in [-0.25, -0.2) is 4.39 Å². The Morgan fingerprint density at radius 3 is 2.40 bits per heavy atom. The Labute approximate surface area is 231 Å². The number of hydrogen-bond acceptors (Lipinski definition) is 6. The van der Waals surface area contributed by atoms with Crippen LogP contribution in [-0.4, -0.2) is 48.9 Å². The molecule has 9 heteroatoms. The molecule has 3 N–H and O–H groups in total. The normalized spacial score (nSPS) is 14.1. The monoisotopic (exact) mass is 542 g/mol. The van der Waals surface area contributed by atoms with Crippen molar-refractivity contribution in [2.24, 2.45) is 0 Å². The number of halogens is 1. The average Bonchev–Trinajstić information content (AvgIpc) is 2.97. The molecule has 5 rings (SSSR count). The molecular weight excluding hydrogens is 511 g/mol. The largest absolute Gasteiger partial charge is 0.451 e. The topological polar surface area (TPSA) is 104 Å². The number of benzene rings is 3. The number of likely N-dealkylation sites (tertiary alicyclic amines) is 1. The average molecular weight is 543 g/mol. The fraction of sp³-hybridized carbons (Fsp3) is 0.258. The molecular formula is C31H31FN4O4. The zero-order valence-corrected chi connectivity index (χ0v) is 22.0. The second kappa shape index (κ2) is 12.6. The van der Waals surface area contributed by atoms with Crippen LogP contribution in [0, 0.1) is 5.82 Å². The molecule has 0 atom stereocenters. The number of hydrogen-bond donors (Lipinski definition) is 3. The van der Waals surface area contributed by atoms with Crippen LogP contribution in [0.1, 0.15) is 39.3 Å². The lowest BCUT2D eigenvalue weighted by molar-refractivity contribution is 0.0880. The van der Waals surface area contributed by atoms with Gasteiger partial charge in [-0.3, -0.25) is 19.3 Å². The van der Waals surface area contributed by atoms with Gasteiger partial charge in [0.15, 0.2) is 11.2 Å². The summed E-state index contributed by atoms with van der Waals surface area (Å²) < 4.78 is 19.0. The number of anilines is 1. The van der Waals surface area contributed by atoms with Gasteiger partial charge in [-0.2, -0.15) is 0 Å². The van der Waals surface area contributed by atoms with Crippen molar-refractivity contribution in [3.63, 3.8) is 0 Å². The molecule has 40 heavy (non-hydrogen) atoms. The molecule has 206 valence electrons. The fourth-order valence-electron chi connectivity index (χ4n) is 4.79. The van der Waals surface area contributed by atoms with Gasteiger partial charge < -0.3 is 20.4 Å². The fourth-order valence-corrected chi connectivity index (χ4v) is 4.79. The molecule has 1 fully saturated rings. The van der Waals surface area contributed by atoms with E-state index in [9.17, 15) is 18.8 Å². The Morgan fingerprint density at radius 2 is 1.65 bits per heavy atom. The van der Waals surface area contributed by atoms with Crippen LogP contribution in [0.4, 0.5) is 10.1 Å². The lowest BCUT2D eigenvalue weighted by Crippen LogP contribution is -2.44. The standard InChI is InChI=1S/C31H31FN4O4/c32-23-10-11-26-27(37)19-29(40-28(26)18-23)31(39)35-25-12-16-36(17-13-25)20-21-6-8-22(9-7-21)30(38)34-15-14-33-24-4-2-1-3-5-24/h1-11,18-19,25,33H,12-17,20H2,(H,34,38)(H,35,39). The Bertz CT molecular complexity index is 1530. The van der Waals surface area contributed by atoms with E-state index in [4.69, 9.17) is 4.42 Å². The highest BCUT2D eigenvalue weighted by molar-refractivity contribution is 5.94. The quantitative estimate of drug-likeness (QED) is 0.275. The van der Waals surface area contributed by atoms with Crippen molar-refractivity contribution >= 4 is 28.5 Å². The zero-order valence-electron chi connectivity index (χ0n) is 22.0. The van der Waals surface area contributed by atoms with E-state index in [2.05, 4.69) is 20.9 Å². The first-order chi connectivity index (χ1) is 19.4. The number of nitrogens with zero attached hydrogens (tertiary/aromatic N) is 1. The molecule has 2 heterocycles. The minimum atomic E-state index is -0.537. The summed E-state index contributed by atoms with van der Waals surface area (Å²) in [6.45, 7) is 3.48. The van der Waals surface area contributed by atoms with E-state index < -0.39 is 11.7 Å². The maximum atomic E-state index is 13.5. The van der Waals surface area contributed by atoms with Crippen LogP contribution in [0.15, 0.2) is 88.1 Å². The molecule has 0 spiro atoms. The predicted molar refractivity (Wildman–Crippen MR) is 152 cm³/mol. The molecule has 0 saturated carbocycles. The van der Waals surface area contributed by atoms with E-state index in [1.54, 1.807) is 0 Å². The minimum absolute atomic E-state index is 0.0519. The SMILES string of the molecule is O=C(NCCNc1ccccc1)c1ccc(CN2CCC(NC(=O)c3cc(=O)c4ccc(F)cc4o3)CC2)cc1. The molecule has 3 aromatic carbocycles. The summed E-state index contributed by atoms with van der Waals surface area (Å²) in [5.74, 6) is -1.25. The van der Waals surface area contributed by atoms with Gasteiger partial charge in [-0.1, -0.05) is 30.3 Å². The Kier molecular flexibility index (Phi) is 8.51. The van der Waals surface area contributed by atoms with Crippen LogP contribution in [0.5, 0.6) is 0 Å². The van der Waals surface area contributed by atoms with Crippen LogP contribution in [0.3, 0.4) is 0 Å². The van der Waals surface area contributed by atoms with E-state index >= 15 is 0 Å². The van der Waals surface area contributed by atoms with Gasteiger partial charge in [0.2, 0.25) is 0 Å². The van der Waals surface area contributed by atoms with Gasteiger partial charge in [0.05, 0.1) is 5.39 Å². The van der Waals surface area contributed by atoms with E-state index in [1.165, 1.54) is 12.1 Å². The third-order valence-electron chi connectivity index (χ3n) is 6.97. The second-order valence-electron chi connectivity index (χ2n) is 9.88. The maximum absolute atomic E-state index is 13.5. The third kappa shape index (κ3) is 6.92. The van der Waals surface area contributed by atoms with Gasteiger partial charge in [0.25, 0.3) is 11.8 Å². The second-order valence-corrected chi connectivity index (χ2v) is 9.88. The number of piperidine rings is 1. The van der Waals surface area contributed by atoms with Crippen molar-refractivity contribution < 1.29 is 18.4 Å². The van der Waals surface area contributed by atoms with Crippen molar-refractivity contribution in [2.45, 2.75) is 25.4 Å². The predicted octanol–water partition coefficient (Wildman–Crippen LogP) is 4.17. The van der Waals surface area contributed by atoms with Gasteiger partial charge in [0, 0.05) is 62.1 Å². The van der Waals surface area contributed by atoms with Gasteiger partial charge in [-0.15, -0.1) is 0 Å². The highest BCUT2D eigenvalue weighted by Crippen LogP contribution is 2.17. The van der Waals surface area contributed by atoms with Crippen molar-refractivity contribution in [3.8, 4) is 0 Å². The third-order valence-corrected chi connectivity index (χ3v) is 6.97. The summed E-state index contributed by atoms with van der Waals surface area (Å²) in [6, 6.07) is 22.2. The summed E-state index contributed by atoms with van der Waals surface area (Å²) in [4.78, 5) is 39.8. The smallest absolute Gasteiger partial charge is 0.287 e. The van der Waals surface area contributed by atoms with E-state index in [1.807, 2.05) is 54.6 Å². The first-order valence-corrected chi connectivity index (χ1v) is 13.4. The number of nitrogens with one attached hydrogen (secondary N) is 3. The van der Waals surface area contributed by atoms with Crippen molar-refractivity contribution in [3.05, 3.63) is 112 Å². The van der Waals surface area contributed by atoms with Crippen molar-refractivity contribution in [1.82, 2.24) is 15.5 Å². The first kappa shape index (κ1) is 27.1. The van der Waals surface area contributed by atoms with Gasteiger partial charge in [0.1, 0.15) is 11.4 Å². The number of carbonyl (C=O) groups excluding carboxylic acids is 2. The van der Waals surface area contributed by atoms with Gasteiger partial charge in [-0.05, 0) is 54.8 Å². The maximum Gasteiger partial charge on any atom is 0.287 e. The number of carbonyl (C=O) groups is 2. The highest BCUT2D eigenvalue weighted by atomic mass is 19.1. The van der Waals surface area contributed by atoms with Crippen LogP contribution in [-0.2, 0) is 6.54 Å². The number of rotatable bonds is 9. The molecule has 2 amide bonds. The molecule has 8 nitrogen and oxygen atoms in total. The van der Waals surface area contributed by atoms with Crippen LogP contribution < -0.4 is 21.4 Å². The summed E-state index contributed by atoms with van der Waals surface area (Å²) in [5, 5.41) is 9.36. The number of para-hydroxylation sites is 1. The van der Waals surface area contributed by atoms with Crippen LogP contribution in [0.2, 0.25) is 0 Å². The number of amides is 2. The van der Waals surface area contributed by atoms with Crippen LogP contribution >= 0.6 is 0 Å². The molecule has 0 aliphatic carbocycles. The molecule has 1 saturated heterocycles. The first-order valence-electron chi connectivity index (χ1n) is 13.4. The lowest BCUT2D eigenvalue weighted by atomic mass is 10.0. The summed E-state index contributed by atoms with van der Waals surface area (Å²) in [5.41, 5.74) is 2.41. The molecule has 0 radical (unpaired) electrons. The molecule has 1 aliphatic rings. The molecule has 4 aromatic rings. The van der Waals surface area contributed by atoms with E-state index in [0.717, 1.165) is 55.9 Å². The summed E-state index contributed by atoms with van der Waals surface area (Å²) in [6.07, 6.45) is 1.49. The summed E-state index contributed by atoms with van der Waals surface area (Å²) >= 11 is 0.